The normalized spacial score (nSPS) is 10.4. The Kier molecular flexibility index (Phi) is 3.74. The van der Waals surface area contributed by atoms with E-state index in [0.29, 0.717) is 18.7 Å². The van der Waals surface area contributed by atoms with Gasteiger partial charge in [-0.05, 0) is 18.1 Å². The van der Waals surface area contributed by atoms with Gasteiger partial charge in [0.1, 0.15) is 5.82 Å². The van der Waals surface area contributed by atoms with Crippen LogP contribution in [0.4, 0.5) is 15.8 Å². The number of hydrogen-bond donors (Lipinski definition) is 1. The zero-order valence-corrected chi connectivity index (χ0v) is 10.3. The lowest BCUT2D eigenvalue weighted by molar-refractivity contribution is -0.385. The maximum Gasteiger partial charge on any atom is 0.274 e. The average molecular weight is 264 g/mol. The van der Waals surface area contributed by atoms with Crippen molar-refractivity contribution in [1.29, 1.82) is 0 Å². The summed E-state index contributed by atoms with van der Waals surface area (Å²) >= 11 is 0. The van der Waals surface area contributed by atoms with Crippen LogP contribution in [0, 0.1) is 15.9 Å². The molecule has 0 unspecified atom stereocenters. The summed E-state index contributed by atoms with van der Waals surface area (Å²) in [6.45, 7) is 0.548. The van der Waals surface area contributed by atoms with Gasteiger partial charge in [-0.2, -0.15) is 5.10 Å². The molecule has 6 nitrogen and oxygen atoms in total. The fraction of sp³-hybridized carbons (Fsp3) is 0.250. The Bertz CT molecular complexity index is 597. The lowest BCUT2D eigenvalue weighted by Crippen LogP contribution is -2.05. The van der Waals surface area contributed by atoms with Crippen molar-refractivity contribution in [2.24, 2.45) is 7.05 Å². The molecule has 1 aromatic carbocycles. The minimum atomic E-state index is -0.627. The number of nitrogens with zero attached hydrogens (tertiary/aromatic N) is 3. The largest absolute Gasteiger partial charge is 0.384 e. The number of anilines is 1. The summed E-state index contributed by atoms with van der Waals surface area (Å²) in [4.78, 5) is 9.99. The van der Waals surface area contributed by atoms with Crippen LogP contribution < -0.4 is 5.32 Å². The van der Waals surface area contributed by atoms with E-state index in [4.69, 9.17) is 0 Å². The van der Waals surface area contributed by atoms with Gasteiger partial charge in [0.05, 0.1) is 17.2 Å². The second kappa shape index (κ2) is 5.47. The van der Waals surface area contributed by atoms with Gasteiger partial charge in [0, 0.05) is 31.5 Å². The number of benzene rings is 1. The van der Waals surface area contributed by atoms with Crippen molar-refractivity contribution in [2.45, 2.75) is 6.42 Å². The van der Waals surface area contributed by atoms with E-state index in [2.05, 4.69) is 10.4 Å². The molecule has 2 aromatic rings. The standard InChI is InChI=1S/C12H13FN4O2/c1-16-8-9(7-15-16)2-3-14-11-4-10(13)5-12(6-11)17(18)19/h4-8,14H,2-3H2,1H3. The highest BCUT2D eigenvalue weighted by Crippen LogP contribution is 2.19. The highest BCUT2D eigenvalue weighted by molar-refractivity contribution is 5.51. The fourth-order valence-electron chi connectivity index (χ4n) is 1.73. The lowest BCUT2D eigenvalue weighted by atomic mass is 10.2. The third-order valence-corrected chi connectivity index (χ3v) is 2.59. The molecule has 2 rings (SSSR count). The Morgan fingerprint density at radius 2 is 2.26 bits per heavy atom. The van der Waals surface area contributed by atoms with Crippen LogP contribution >= 0.6 is 0 Å². The molecule has 0 radical (unpaired) electrons. The summed E-state index contributed by atoms with van der Waals surface area (Å²) in [6.07, 6.45) is 4.34. The van der Waals surface area contributed by atoms with Crippen LogP contribution in [0.3, 0.4) is 0 Å². The van der Waals surface area contributed by atoms with Gasteiger partial charge in [-0.1, -0.05) is 0 Å². The maximum absolute atomic E-state index is 13.2. The van der Waals surface area contributed by atoms with E-state index in [1.54, 1.807) is 10.9 Å². The molecule has 0 saturated heterocycles. The zero-order chi connectivity index (χ0) is 13.8. The molecule has 19 heavy (non-hydrogen) atoms. The number of nitrogens with one attached hydrogen (secondary N) is 1. The lowest BCUT2D eigenvalue weighted by Gasteiger charge is -2.05. The van der Waals surface area contributed by atoms with Gasteiger partial charge in [0.25, 0.3) is 5.69 Å². The highest BCUT2D eigenvalue weighted by Gasteiger charge is 2.09. The van der Waals surface area contributed by atoms with Crippen LogP contribution in [-0.2, 0) is 13.5 Å². The molecule has 1 N–H and O–H groups in total. The van der Waals surface area contributed by atoms with E-state index in [1.807, 2.05) is 13.2 Å². The number of aromatic nitrogens is 2. The van der Waals surface area contributed by atoms with Crippen molar-refractivity contribution in [3.63, 3.8) is 0 Å². The van der Waals surface area contributed by atoms with Crippen molar-refractivity contribution in [2.75, 3.05) is 11.9 Å². The van der Waals surface area contributed by atoms with E-state index in [-0.39, 0.29) is 5.69 Å². The Balaban J connectivity index is 1.97. The first-order valence-electron chi connectivity index (χ1n) is 5.71. The second-order valence-corrected chi connectivity index (χ2v) is 4.15. The molecule has 0 aliphatic carbocycles. The molecule has 0 fully saturated rings. The smallest absolute Gasteiger partial charge is 0.274 e. The third-order valence-electron chi connectivity index (χ3n) is 2.59. The number of rotatable bonds is 5. The summed E-state index contributed by atoms with van der Waals surface area (Å²) in [6, 6.07) is 3.44. The SMILES string of the molecule is Cn1cc(CCNc2cc(F)cc([N+](=O)[O-])c2)cn1. The van der Waals surface area contributed by atoms with Crippen LogP contribution in [0.5, 0.6) is 0 Å². The van der Waals surface area contributed by atoms with Gasteiger partial charge >= 0.3 is 0 Å². The number of hydrogen-bond acceptors (Lipinski definition) is 4. The van der Waals surface area contributed by atoms with Crippen molar-refractivity contribution in [3.8, 4) is 0 Å². The predicted molar refractivity (Wildman–Crippen MR) is 68.5 cm³/mol. The minimum absolute atomic E-state index is 0.260. The van der Waals surface area contributed by atoms with Gasteiger partial charge in [-0.15, -0.1) is 0 Å². The van der Waals surface area contributed by atoms with Gasteiger partial charge in [0.15, 0.2) is 0 Å². The van der Waals surface area contributed by atoms with Crippen LogP contribution in [-0.4, -0.2) is 21.2 Å². The monoisotopic (exact) mass is 264 g/mol. The van der Waals surface area contributed by atoms with Crippen molar-refractivity contribution in [3.05, 3.63) is 52.1 Å². The third kappa shape index (κ3) is 3.51. The Labute approximate surface area is 109 Å². The summed E-state index contributed by atoms with van der Waals surface area (Å²) < 4.78 is 14.9. The predicted octanol–water partition coefficient (Wildman–Crippen LogP) is 2.12. The first-order chi connectivity index (χ1) is 9.04. The zero-order valence-electron chi connectivity index (χ0n) is 10.3. The number of nitro groups is 1. The van der Waals surface area contributed by atoms with E-state index in [9.17, 15) is 14.5 Å². The van der Waals surface area contributed by atoms with E-state index < -0.39 is 10.7 Å². The molecule has 0 aliphatic heterocycles. The van der Waals surface area contributed by atoms with Crippen molar-refractivity contribution < 1.29 is 9.31 Å². The van der Waals surface area contributed by atoms with Crippen LogP contribution in [0.1, 0.15) is 5.56 Å². The van der Waals surface area contributed by atoms with Crippen LogP contribution in [0.25, 0.3) is 0 Å². The molecular formula is C12H13FN4O2. The Morgan fingerprint density at radius 3 is 2.89 bits per heavy atom. The summed E-state index contributed by atoms with van der Waals surface area (Å²) in [5, 5.41) is 17.6. The average Bonchev–Trinajstić information content (AvgIpc) is 2.74. The molecule has 0 amide bonds. The minimum Gasteiger partial charge on any atom is -0.384 e. The quantitative estimate of drug-likeness (QED) is 0.663. The van der Waals surface area contributed by atoms with E-state index in [1.165, 1.54) is 12.1 Å². The van der Waals surface area contributed by atoms with Crippen LogP contribution in [0.2, 0.25) is 0 Å². The molecular weight excluding hydrogens is 251 g/mol. The number of aryl methyl sites for hydroxylation is 1. The van der Waals surface area contributed by atoms with Crippen molar-refractivity contribution >= 4 is 11.4 Å². The molecule has 0 bridgehead atoms. The molecule has 1 aromatic heterocycles. The molecule has 1 heterocycles. The van der Waals surface area contributed by atoms with Gasteiger partial charge in [-0.3, -0.25) is 14.8 Å². The summed E-state index contributed by atoms with van der Waals surface area (Å²) in [5.41, 5.74) is 1.18. The summed E-state index contributed by atoms with van der Waals surface area (Å²) in [5.74, 6) is -0.627. The van der Waals surface area contributed by atoms with E-state index >= 15 is 0 Å². The summed E-state index contributed by atoms with van der Waals surface area (Å²) in [7, 11) is 1.83. The molecule has 0 atom stereocenters. The molecule has 0 saturated carbocycles. The molecule has 100 valence electrons. The van der Waals surface area contributed by atoms with Crippen LogP contribution in [0.15, 0.2) is 30.6 Å². The first kappa shape index (κ1) is 13.0. The number of halogens is 1. The molecule has 7 heteroatoms. The number of non-ortho nitro benzene ring substituents is 1. The fourth-order valence-corrected chi connectivity index (χ4v) is 1.73. The topological polar surface area (TPSA) is 73.0 Å². The first-order valence-corrected chi connectivity index (χ1v) is 5.71. The van der Waals surface area contributed by atoms with Gasteiger partial charge < -0.3 is 5.32 Å². The van der Waals surface area contributed by atoms with Gasteiger partial charge in [-0.25, -0.2) is 4.39 Å². The molecule has 0 spiro atoms. The van der Waals surface area contributed by atoms with Crippen molar-refractivity contribution in [1.82, 2.24) is 9.78 Å². The van der Waals surface area contributed by atoms with Gasteiger partial charge in [0.2, 0.25) is 0 Å². The highest BCUT2D eigenvalue weighted by atomic mass is 19.1. The maximum atomic E-state index is 13.2. The Hall–Kier alpha value is -2.44. The Morgan fingerprint density at radius 1 is 1.47 bits per heavy atom. The van der Waals surface area contributed by atoms with E-state index in [0.717, 1.165) is 11.6 Å². The number of nitro benzene ring substituents is 1. The molecule has 0 aliphatic rings. The second-order valence-electron chi connectivity index (χ2n) is 4.15.